The first kappa shape index (κ1) is 24.6. The maximum absolute atomic E-state index is 11.9. The number of oxazole rings is 1. The molecule has 6 aromatic rings. The summed E-state index contributed by atoms with van der Waals surface area (Å²) in [6.45, 7) is 1.42. The Morgan fingerprint density at radius 2 is 1.93 bits per heavy atom. The first-order valence-corrected chi connectivity index (χ1v) is 14.0. The number of likely N-dealkylation sites (tertiary alicyclic amines) is 1. The molecule has 1 amide bonds. The van der Waals surface area contributed by atoms with Gasteiger partial charge >= 0.3 is 0 Å². The van der Waals surface area contributed by atoms with Gasteiger partial charge in [-0.15, -0.1) is 11.3 Å². The van der Waals surface area contributed by atoms with E-state index in [0.29, 0.717) is 46.6 Å². The molecule has 7 rings (SSSR count). The number of anilines is 2. The molecule has 1 aliphatic heterocycles. The van der Waals surface area contributed by atoms with Gasteiger partial charge in [-0.1, -0.05) is 17.7 Å². The molecule has 1 fully saturated rings. The van der Waals surface area contributed by atoms with Crippen molar-refractivity contribution < 1.29 is 13.9 Å². The van der Waals surface area contributed by atoms with E-state index in [2.05, 4.69) is 20.3 Å². The zero-order chi connectivity index (χ0) is 27.1. The molecule has 0 spiro atoms. The van der Waals surface area contributed by atoms with Crippen molar-refractivity contribution in [3.63, 3.8) is 0 Å². The molecular weight excluding hydrogens is 546 g/mol. The summed E-state index contributed by atoms with van der Waals surface area (Å²) in [6, 6.07) is 21.1. The van der Waals surface area contributed by atoms with Gasteiger partial charge in [0.1, 0.15) is 17.0 Å². The highest BCUT2D eigenvalue weighted by Gasteiger charge is 2.20. The molecule has 0 bridgehead atoms. The molecule has 8 nitrogen and oxygen atoms in total. The predicted octanol–water partition coefficient (Wildman–Crippen LogP) is 7.81. The van der Waals surface area contributed by atoms with Crippen molar-refractivity contribution in [1.82, 2.24) is 19.9 Å². The second-order valence-electron chi connectivity index (χ2n) is 9.49. The zero-order valence-electron chi connectivity index (χ0n) is 21.1. The van der Waals surface area contributed by atoms with Gasteiger partial charge in [0.15, 0.2) is 5.58 Å². The molecule has 0 radical (unpaired) electrons. The number of halogens is 1. The fourth-order valence-corrected chi connectivity index (χ4v) is 5.85. The summed E-state index contributed by atoms with van der Waals surface area (Å²) in [4.78, 5) is 28.5. The van der Waals surface area contributed by atoms with Crippen LogP contribution in [0, 0.1) is 0 Å². The van der Waals surface area contributed by atoms with Crippen molar-refractivity contribution in [2.24, 2.45) is 0 Å². The number of nitrogens with zero attached hydrogens (tertiary/aromatic N) is 4. The van der Waals surface area contributed by atoms with Gasteiger partial charge < -0.3 is 19.4 Å². The van der Waals surface area contributed by atoms with E-state index in [-0.39, 0.29) is 5.91 Å². The molecule has 1 saturated heterocycles. The fraction of sp³-hybridized carbons (Fsp3) is 0.133. The third-order valence-corrected chi connectivity index (χ3v) is 8.09. The number of amides is 1. The molecule has 0 unspecified atom stereocenters. The SMILES string of the molecule is O=C1CCCN1Cc1ccc(-c2cc3nccc(Oc4ccc5nc(Nc6ccc(Cl)cc6)oc5c4)c3s2)nc1. The van der Waals surface area contributed by atoms with E-state index < -0.39 is 0 Å². The lowest BCUT2D eigenvalue weighted by atomic mass is 10.2. The summed E-state index contributed by atoms with van der Waals surface area (Å²) in [5.41, 5.74) is 4.86. The molecule has 0 saturated carbocycles. The van der Waals surface area contributed by atoms with E-state index in [1.54, 1.807) is 29.7 Å². The maximum atomic E-state index is 11.9. The Bertz CT molecular complexity index is 1850. The van der Waals surface area contributed by atoms with Crippen molar-refractivity contribution in [1.29, 1.82) is 0 Å². The third kappa shape index (κ3) is 4.97. The zero-order valence-corrected chi connectivity index (χ0v) is 22.7. The van der Waals surface area contributed by atoms with Crippen LogP contribution in [0.1, 0.15) is 18.4 Å². The lowest BCUT2D eigenvalue weighted by Crippen LogP contribution is -2.23. The van der Waals surface area contributed by atoms with Crippen LogP contribution in [0.4, 0.5) is 11.7 Å². The van der Waals surface area contributed by atoms with Gasteiger partial charge in [0.05, 0.1) is 20.8 Å². The molecule has 4 aromatic heterocycles. The highest BCUT2D eigenvalue weighted by molar-refractivity contribution is 7.22. The average Bonchev–Trinajstić information content (AvgIpc) is 3.69. The minimum Gasteiger partial charge on any atom is -0.456 e. The van der Waals surface area contributed by atoms with E-state index >= 15 is 0 Å². The van der Waals surface area contributed by atoms with Crippen molar-refractivity contribution in [2.75, 3.05) is 11.9 Å². The van der Waals surface area contributed by atoms with E-state index in [0.717, 1.165) is 45.0 Å². The Morgan fingerprint density at radius 3 is 2.73 bits per heavy atom. The first-order valence-electron chi connectivity index (χ1n) is 12.8. The standard InChI is InChI=1S/C30H22ClN5O3S/c31-19-4-6-20(7-5-19)34-30-35-22-10-8-21(14-26(22)39-30)38-25-11-12-32-24-15-27(40-29(24)25)23-9-3-18(16-33-23)17-36-13-1-2-28(36)37/h3-12,14-16H,1-2,13,17H2,(H,34,35). The number of aromatic nitrogens is 3. The van der Waals surface area contributed by atoms with Crippen LogP contribution >= 0.6 is 22.9 Å². The number of carbonyl (C=O) groups excluding carboxylic acids is 1. The molecule has 10 heteroatoms. The predicted molar refractivity (Wildman–Crippen MR) is 156 cm³/mol. The molecule has 5 heterocycles. The van der Waals surface area contributed by atoms with Crippen LogP contribution in [0.15, 0.2) is 83.5 Å². The quantitative estimate of drug-likeness (QED) is 0.210. The maximum Gasteiger partial charge on any atom is 0.300 e. The van der Waals surface area contributed by atoms with Crippen LogP contribution in [-0.4, -0.2) is 32.3 Å². The number of thiophene rings is 1. The number of pyridine rings is 2. The highest BCUT2D eigenvalue weighted by Crippen LogP contribution is 2.39. The van der Waals surface area contributed by atoms with Crippen molar-refractivity contribution in [2.45, 2.75) is 19.4 Å². The van der Waals surface area contributed by atoms with Crippen LogP contribution in [0.25, 0.3) is 31.9 Å². The van der Waals surface area contributed by atoms with Gasteiger partial charge in [0, 0.05) is 54.7 Å². The summed E-state index contributed by atoms with van der Waals surface area (Å²) in [5, 5.41) is 3.81. The second kappa shape index (κ2) is 10.3. The van der Waals surface area contributed by atoms with Crippen LogP contribution < -0.4 is 10.1 Å². The van der Waals surface area contributed by atoms with Gasteiger partial charge in [0.25, 0.3) is 6.01 Å². The minimum absolute atomic E-state index is 0.213. The average molecular weight is 568 g/mol. The lowest BCUT2D eigenvalue weighted by molar-refractivity contribution is -0.128. The van der Waals surface area contributed by atoms with Gasteiger partial charge in [0.2, 0.25) is 5.91 Å². The molecule has 40 heavy (non-hydrogen) atoms. The Kier molecular flexibility index (Phi) is 6.30. The third-order valence-electron chi connectivity index (χ3n) is 6.68. The molecule has 1 aliphatic rings. The van der Waals surface area contributed by atoms with E-state index in [4.69, 9.17) is 20.8 Å². The van der Waals surface area contributed by atoms with E-state index in [1.807, 2.05) is 65.7 Å². The van der Waals surface area contributed by atoms with Crippen LogP contribution in [0.2, 0.25) is 5.02 Å². The van der Waals surface area contributed by atoms with Crippen molar-refractivity contribution in [3.05, 3.63) is 89.7 Å². The summed E-state index contributed by atoms with van der Waals surface area (Å²) in [6.07, 6.45) is 5.15. The van der Waals surface area contributed by atoms with E-state index in [1.165, 1.54) is 0 Å². The summed E-state index contributed by atoms with van der Waals surface area (Å²) in [7, 11) is 0. The van der Waals surface area contributed by atoms with Gasteiger partial charge in [-0.3, -0.25) is 14.8 Å². The molecular formula is C30H22ClN5O3S. The number of fused-ring (bicyclic) bond motifs is 2. The highest BCUT2D eigenvalue weighted by atomic mass is 35.5. The number of rotatable bonds is 7. The normalized spacial score (nSPS) is 13.4. The van der Waals surface area contributed by atoms with Crippen LogP contribution in [-0.2, 0) is 11.3 Å². The first-order chi connectivity index (χ1) is 19.6. The minimum atomic E-state index is 0.213. The number of ether oxygens (including phenoxy) is 1. The smallest absolute Gasteiger partial charge is 0.300 e. The van der Waals surface area contributed by atoms with Gasteiger partial charge in [-0.2, -0.15) is 4.98 Å². The molecule has 198 valence electrons. The van der Waals surface area contributed by atoms with Crippen molar-refractivity contribution in [3.8, 4) is 22.1 Å². The Hall–Kier alpha value is -4.47. The Labute approximate surface area is 238 Å². The summed E-state index contributed by atoms with van der Waals surface area (Å²) < 4.78 is 13.1. The molecule has 0 atom stereocenters. The molecule has 0 aliphatic carbocycles. The van der Waals surface area contributed by atoms with Crippen molar-refractivity contribution >= 4 is 61.9 Å². The second-order valence-corrected chi connectivity index (χ2v) is 11.0. The number of nitrogens with one attached hydrogen (secondary N) is 1. The number of hydrogen-bond acceptors (Lipinski definition) is 8. The van der Waals surface area contributed by atoms with Gasteiger partial charge in [-0.25, -0.2) is 0 Å². The molecule has 1 N–H and O–H groups in total. The fourth-order valence-electron chi connectivity index (χ4n) is 4.68. The number of benzene rings is 2. The largest absolute Gasteiger partial charge is 0.456 e. The molecule has 2 aromatic carbocycles. The summed E-state index contributed by atoms with van der Waals surface area (Å²) in [5.74, 6) is 1.54. The van der Waals surface area contributed by atoms with Crippen LogP contribution in [0.5, 0.6) is 11.5 Å². The monoisotopic (exact) mass is 567 g/mol. The Morgan fingerprint density at radius 1 is 1.02 bits per heavy atom. The van der Waals surface area contributed by atoms with E-state index in [9.17, 15) is 4.79 Å². The van der Waals surface area contributed by atoms with Gasteiger partial charge in [-0.05, 0) is 60.5 Å². The summed E-state index contributed by atoms with van der Waals surface area (Å²) >= 11 is 7.55. The lowest BCUT2D eigenvalue weighted by Gasteiger charge is -2.15. The number of carbonyl (C=O) groups is 1. The topological polar surface area (TPSA) is 93.4 Å². The number of hydrogen-bond donors (Lipinski definition) is 1. The Balaban J connectivity index is 1.10. The van der Waals surface area contributed by atoms with Crippen LogP contribution in [0.3, 0.4) is 0 Å².